The van der Waals surface area contributed by atoms with Gasteiger partial charge in [0.15, 0.2) is 0 Å². The van der Waals surface area contributed by atoms with Crippen LogP contribution in [0.3, 0.4) is 0 Å². The van der Waals surface area contributed by atoms with Crippen molar-refractivity contribution in [2.24, 2.45) is 5.41 Å². The summed E-state index contributed by atoms with van der Waals surface area (Å²) in [6.45, 7) is 15.3. The van der Waals surface area contributed by atoms with Gasteiger partial charge in [0.2, 0.25) is 0 Å². The van der Waals surface area contributed by atoms with Crippen LogP contribution in [0.25, 0.3) is 0 Å². The average molecular weight is 478 g/mol. The zero-order valence-electron chi connectivity index (χ0n) is 21.9. The summed E-state index contributed by atoms with van der Waals surface area (Å²) in [6.07, 6.45) is 1.98. The van der Waals surface area contributed by atoms with Crippen LogP contribution < -0.4 is 10.4 Å². The van der Waals surface area contributed by atoms with Crippen LogP contribution in [0.2, 0.25) is 0 Å². The molecule has 2 aromatic rings. The van der Waals surface area contributed by atoms with Crippen LogP contribution in [0.4, 0.5) is 5.69 Å². The van der Waals surface area contributed by atoms with Gasteiger partial charge in [0, 0.05) is 31.3 Å². The van der Waals surface area contributed by atoms with Gasteiger partial charge in [-0.1, -0.05) is 26.0 Å². The Morgan fingerprint density at radius 1 is 1.06 bits per heavy atom. The number of ether oxygens (including phenoxy) is 1. The molecule has 186 valence electrons. The number of amides is 1. The average Bonchev–Trinajstić information content (AvgIpc) is 3.31. The second-order valence-electron chi connectivity index (χ2n) is 11.8. The number of hydrogen-bond donors (Lipinski definition) is 0. The Hall–Kier alpha value is -2.58. The summed E-state index contributed by atoms with van der Waals surface area (Å²) in [5, 5.41) is 0. The van der Waals surface area contributed by atoms with E-state index in [1.807, 2.05) is 50.8 Å². The van der Waals surface area contributed by atoms with Crippen molar-refractivity contribution >= 4 is 30.1 Å². The second-order valence-corrected chi connectivity index (χ2v) is 11.8. The van der Waals surface area contributed by atoms with Gasteiger partial charge < -0.3 is 23.5 Å². The lowest BCUT2D eigenvalue weighted by atomic mass is 9.75. The fraction of sp³-hybridized carbons (Fsp3) is 0.556. The molecule has 1 aromatic heterocycles. The Morgan fingerprint density at radius 3 is 2.40 bits per heavy atom. The quantitative estimate of drug-likeness (QED) is 0.496. The molecule has 3 heterocycles. The molecule has 1 fully saturated rings. The van der Waals surface area contributed by atoms with Gasteiger partial charge in [-0.2, -0.15) is 0 Å². The minimum absolute atomic E-state index is 0.0291. The number of carbonyl (C=O) groups excluding carboxylic acids is 2. The zero-order chi connectivity index (χ0) is 25.3. The lowest BCUT2D eigenvalue weighted by molar-refractivity contribution is -0.142. The molecule has 0 bridgehead atoms. The number of aromatic nitrogens is 1. The molecule has 0 atom stereocenters. The minimum atomic E-state index is -0.625. The fourth-order valence-electron chi connectivity index (χ4n) is 5.51. The first-order valence-corrected chi connectivity index (χ1v) is 12.4. The van der Waals surface area contributed by atoms with Crippen molar-refractivity contribution < 1.29 is 23.6 Å². The summed E-state index contributed by atoms with van der Waals surface area (Å²) in [7, 11) is -0.625. The number of benzene rings is 1. The smallest absolute Gasteiger partial charge is 0.461 e. The zero-order valence-corrected chi connectivity index (χ0v) is 21.9. The van der Waals surface area contributed by atoms with E-state index in [1.165, 1.54) is 18.2 Å². The van der Waals surface area contributed by atoms with Crippen LogP contribution >= 0.6 is 0 Å². The van der Waals surface area contributed by atoms with E-state index in [0.717, 1.165) is 41.8 Å². The highest BCUT2D eigenvalue weighted by molar-refractivity contribution is 6.62. The number of hydrogen-bond acceptors (Lipinski definition) is 5. The molecule has 1 saturated heterocycles. The van der Waals surface area contributed by atoms with Crippen molar-refractivity contribution in [3.8, 4) is 0 Å². The first kappa shape index (κ1) is 24.1. The van der Waals surface area contributed by atoms with E-state index in [0.29, 0.717) is 6.54 Å². The Balaban J connectivity index is 1.52. The van der Waals surface area contributed by atoms with Gasteiger partial charge in [0.25, 0.3) is 5.91 Å². The molecule has 1 aliphatic carbocycles. The van der Waals surface area contributed by atoms with E-state index >= 15 is 0 Å². The van der Waals surface area contributed by atoms with E-state index < -0.39 is 18.3 Å². The van der Waals surface area contributed by atoms with Crippen LogP contribution in [-0.4, -0.2) is 41.3 Å². The fourth-order valence-corrected chi connectivity index (χ4v) is 5.51. The minimum Gasteiger partial charge on any atom is -0.461 e. The maximum absolute atomic E-state index is 13.7. The monoisotopic (exact) mass is 478 g/mol. The summed E-state index contributed by atoms with van der Waals surface area (Å²) < 4.78 is 20.3. The molecule has 1 amide bonds. The Morgan fingerprint density at radius 2 is 1.74 bits per heavy atom. The lowest BCUT2D eigenvalue weighted by Crippen LogP contribution is -2.43. The topological polar surface area (TPSA) is 70.0 Å². The van der Waals surface area contributed by atoms with Gasteiger partial charge >= 0.3 is 13.1 Å². The largest absolute Gasteiger partial charge is 0.495 e. The molecule has 3 aliphatic rings. The van der Waals surface area contributed by atoms with Gasteiger partial charge in [-0.3, -0.25) is 9.59 Å². The number of carbonyl (C=O) groups is 2. The summed E-state index contributed by atoms with van der Waals surface area (Å²) >= 11 is 0. The molecular weight excluding hydrogens is 443 g/mol. The van der Waals surface area contributed by atoms with Crippen molar-refractivity contribution in [2.75, 3.05) is 11.4 Å². The van der Waals surface area contributed by atoms with Crippen molar-refractivity contribution in [2.45, 2.75) is 85.7 Å². The normalized spacial score (nSPS) is 21.7. The Kier molecular flexibility index (Phi) is 5.49. The van der Waals surface area contributed by atoms with E-state index in [2.05, 4.69) is 24.5 Å². The van der Waals surface area contributed by atoms with E-state index in [-0.39, 0.29) is 23.9 Å². The van der Waals surface area contributed by atoms with Gasteiger partial charge in [-0.05, 0) is 69.1 Å². The molecule has 0 unspecified atom stereocenters. The number of anilines is 1. The third kappa shape index (κ3) is 4.00. The summed E-state index contributed by atoms with van der Waals surface area (Å²) in [6, 6.07) is 7.83. The van der Waals surface area contributed by atoms with Crippen molar-refractivity contribution in [1.29, 1.82) is 0 Å². The van der Waals surface area contributed by atoms with Crippen LogP contribution in [0.5, 0.6) is 0 Å². The molecule has 0 spiro atoms. The van der Waals surface area contributed by atoms with Crippen LogP contribution in [-0.2, 0) is 44.8 Å². The van der Waals surface area contributed by atoms with E-state index in [4.69, 9.17) is 14.0 Å². The summed E-state index contributed by atoms with van der Waals surface area (Å²) in [5.74, 6) is -0.406. The van der Waals surface area contributed by atoms with E-state index in [9.17, 15) is 9.59 Å². The van der Waals surface area contributed by atoms with Gasteiger partial charge in [0.05, 0.1) is 16.9 Å². The predicted octanol–water partition coefficient (Wildman–Crippen LogP) is 3.64. The molecule has 35 heavy (non-hydrogen) atoms. The van der Waals surface area contributed by atoms with Crippen LogP contribution in [0.1, 0.15) is 75.8 Å². The first-order valence-electron chi connectivity index (χ1n) is 12.4. The summed E-state index contributed by atoms with van der Waals surface area (Å²) in [5.41, 5.74) is 4.78. The lowest BCUT2D eigenvalue weighted by Gasteiger charge is -2.32. The standard InChI is InChI=1S/C27H35BN2O5/c1-17(31)33-16-19-20(28-34-26(4,5)27(6,7)35-28)9-8-10-21(19)30-12-11-29-22(24(30)32)13-18-14-25(2,3)15-23(18)29/h8-10,13H,11-12,14-16H2,1-7H3. The van der Waals surface area contributed by atoms with Crippen molar-refractivity contribution in [3.05, 3.63) is 46.8 Å². The Labute approximate surface area is 207 Å². The van der Waals surface area contributed by atoms with Crippen LogP contribution in [0.15, 0.2) is 24.3 Å². The van der Waals surface area contributed by atoms with Crippen molar-refractivity contribution in [1.82, 2.24) is 4.57 Å². The maximum Gasteiger partial charge on any atom is 0.495 e. The van der Waals surface area contributed by atoms with E-state index in [1.54, 1.807) is 0 Å². The highest BCUT2D eigenvalue weighted by Gasteiger charge is 2.52. The molecule has 7 nitrogen and oxygen atoms in total. The molecule has 1 aromatic carbocycles. The molecule has 0 N–H and O–H groups in total. The number of nitrogens with zero attached hydrogens (tertiary/aromatic N) is 2. The molecule has 2 aliphatic heterocycles. The number of rotatable bonds is 4. The molecule has 5 rings (SSSR count). The van der Waals surface area contributed by atoms with Gasteiger partial charge in [-0.15, -0.1) is 0 Å². The first-order chi connectivity index (χ1) is 16.3. The molecule has 0 radical (unpaired) electrons. The SMILES string of the molecule is CC(=O)OCc1c(B2OC(C)(C)C(C)(C)O2)cccc1N1CCn2c(cc3c2CC(C)(C)C3)C1=O. The Bertz CT molecular complexity index is 1200. The molecular formula is C27H35BN2O5. The maximum atomic E-state index is 13.7. The molecule has 0 saturated carbocycles. The van der Waals surface area contributed by atoms with Crippen molar-refractivity contribution in [3.63, 3.8) is 0 Å². The van der Waals surface area contributed by atoms with Gasteiger partial charge in [-0.25, -0.2) is 0 Å². The molecule has 8 heteroatoms. The third-order valence-electron chi connectivity index (χ3n) is 8.03. The summed E-state index contributed by atoms with van der Waals surface area (Å²) in [4.78, 5) is 27.3. The van der Waals surface area contributed by atoms with Gasteiger partial charge in [0.1, 0.15) is 12.3 Å². The number of esters is 1. The third-order valence-corrected chi connectivity index (χ3v) is 8.03. The second kappa shape index (κ2) is 7.97. The predicted molar refractivity (Wildman–Crippen MR) is 135 cm³/mol. The highest BCUT2D eigenvalue weighted by atomic mass is 16.7. The highest BCUT2D eigenvalue weighted by Crippen LogP contribution is 2.40. The van der Waals surface area contributed by atoms with Crippen LogP contribution in [0, 0.1) is 5.41 Å². The number of fused-ring (bicyclic) bond motifs is 3.